The van der Waals surface area contributed by atoms with Crippen molar-refractivity contribution < 1.29 is 10.2 Å². The molecule has 4 rings (SSSR count). The molecule has 0 unspecified atom stereocenters. The minimum absolute atomic E-state index is 0.0771. The summed E-state index contributed by atoms with van der Waals surface area (Å²) in [6.45, 7) is 7.20. The smallest absolute Gasteiger partial charge is 0.0724 e. The average Bonchev–Trinajstić information content (AvgIpc) is 2.77. The molecule has 0 aromatic rings. The predicted octanol–water partition coefficient (Wildman–Crippen LogP) is 3.92. The fourth-order valence-electron chi connectivity index (χ4n) is 7.11. The molecule has 0 heterocycles. The first-order chi connectivity index (χ1) is 10.4. The van der Waals surface area contributed by atoms with Gasteiger partial charge in [-0.15, -0.1) is 0 Å². The maximum atomic E-state index is 10.5. The maximum absolute atomic E-state index is 10.5. The Balaban J connectivity index is 1.71. The molecule has 124 valence electrons. The molecule has 8 atom stereocenters. The fraction of sp³-hybridized carbons (Fsp3) is 0.900. The Morgan fingerprint density at radius 2 is 1.77 bits per heavy atom. The third kappa shape index (κ3) is 1.86. The highest BCUT2D eigenvalue weighted by Gasteiger charge is 2.59. The van der Waals surface area contributed by atoms with Crippen molar-refractivity contribution in [2.24, 2.45) is 34.5 Å². The number of aliphatic hydroxyl groups excluding tert-OH is 2. The summed E-state index contributed by atoms with van der Waals surface area (Å²) in [5, 5.41) is 20.6. The van der Waals surface area contributed by atoms with Crippen LogP contribution in [0.1, 0.15) is 65.7 Å². The van der Waals surface area contributed by atoms with Crippen LogP contribution in [-0.2, 0) is 0 Å². The topological polar surface area (TPSA) is 40.5 Å². The molecule has 3 saturated carbocycles. The van der Waals surface area contributed by atoms with Crippen LogP contribution in [0, 0.1) is 34.5 Å². The van der Waals surface area contributed by atoms with Gasteiger partial charge in [0.2, 0.25) is 0 Å². The van der Waals surface area contributed by atoms with Crippen molar-refractivity contribution in [1.29, 1.82) is 0 Å². The number of rotatable bonds is 0. The van der Waals surface area contributed by atoms with Crippen LogP contribution in [0.15, 0.2) is 11.6 Å². The summed E-state index contributed by atoms with van der Waals surface area (Å²) in [6.07, 6.45) is 9.95. The van der Waals surface area contributed by atoms with Crippen LogP contribution in [0.25, 0.3) is 0 Å². The monoisotopic (exact) mass is 304 g/mol. The van der Waals surface area contributed by atoms with Gasteiger partial charge >= 0.3 is 0 Å². The number of aliphatic hydroxyl groups is 2. The SMILES string of the molecule is C[C@@H]1C[C@H]2[C@@H]3CC[C@H](O)[C@@]3(C)CC[C@@H]2[C@@]2(C)CC[C@H](O)C=C12. The minimum atomic E-state index is -0.218. The Kier molecular flexibility index (Phi) is 3.34. The molecule has 4 aliphatic carbocycles. The highest BCUT2D eigenvalue weighted by Crippen LogP contribution is 2.66. The van der Waals surface area contributed by atoms with Gasteiger partial charge in [-0.3, -0.25) is 0 Å². The second-order valence-corrected chi connectivity index (χ2v) is 9.30. The van der Waals surface area contributed by atoms with E-state index in [4.69, 9.17) is 0 Å². The molecule has 0 spiro atoms. The van der Waals surface area contributed by atoms with Crippen molar-refractivity contribution in [2.75, 3.05) is 0 Å². The third-order valence-electron chi connectivity index (χ3n) is 8.35. The lowest BCUT2D eigenvalue weighted by atomic mass is 9.45. The third-order valence-corrected chi connectivity index (χ3v) is 8.35. The first-order valence-corrected chi connectivity index (χ1v) is 9.44. The summed E-state index contributed by atoms with van der Waals surface area (Å²) >= 11 is 0. The fourth-order valence-corrected chi connectivity index (χ4v) is 7.11. The van der Waals surface area contributed by atoms with E-state index in [2.05, 4.69) is 26.8 Å². The molecule has 0 aromatic carbocycles. The van der Waals surface area contributed by atoms with E-state index in [-0.39, 0.29) is 17.6 Å². The molecule has 0 bridgehead atoms. The summed E-state index contributed by atoms with van der Waals surface area (Å²) in [5.74, 6) is 2.87. The Hall–Kier alpha value is -0.340. The standard InChI is InChI=1S/C20H32O2/c1-12-10-14-15-4-5-18(22)20(15,3)9-7-16(14)19(2)8-6-13(21)11-17(12)19/h11-16,18,21-22H,4-10H2,1-3H3/t12-,13+,14+,15+,16+,18+,19-,20+/m1/s1. The number of hydrogen-bond donors (Lipinski definition) is 2. The second kappa shape index (κ2) is 4.83. The summed E-state index contributed by atoms with van der Waals surface area (Å²) in [6, 6.07) is 0. The first kappa shape index (κ1) is 15.2. The zero-order valence-electron chi connectivity index (χ0n) is 14.4. The Morgan fingerprint density at radius 3 is 2.55 bits per heavy atom. The lowest BCUT2D eigenvalue weighted by molar-refractivity contribution is -0.0839. The van der Waals surface area contributed by atoms with Crippen molar-refractivity contribution in [3.05, 3.63) is 11.6 Å². The zero-order chi connectivity index (χ0) is 15.7. The van der Waals surface area contributed by atoms with Gasteiger partial charge in [0.05, 0.1) is 12.2 Å². The molecule has 22 heavy (non-hydrogen) atoms. The Labute approximate surface area is 135 Å². The van der Waals surface area contributed by atoms with E-state index in [1.54, 1.807) is 5.57 Å². The number of allylic oxidation sites excluding steroid dienone is 1. The van der Waals surface area contributed by atoms with Crippen LogP contribution >= 0.6 is 0 Å². The van der Waals surface area contributed by atoms with Gasteiger partial charge in [0.1, 0.15) is 0 Å². The van der Waals surface area contributed by atoms with Crippen molar-refractivity contribution in [2.45, 2.75) is 77.9 Å². The van der Waals surface area contributed by atoms with E-state index in [9.17, 15) is 10.2 Å². The van der Waals surface area contributed by atoms with Gasteiger partial charge in [0.25, 0.3) is 0 Å². The molecule has 0 aromatic heterocycles. The molecule has 0 saturated heterocycles. The summed E-state index contributed by atoms with van der Waals surface area (Å²) in [5.41, 5.74) is 2.03. The predicted molar refractivity (Wildman–Crippen MR) is 88.3 cm³/mol. The van der Waals surface area contributed by atoms with Gasteiger partial charge in [0, 0.05) is 0 Å². The van der Waals surface area contributed by atoms with E-state index in [1.165, 1.54) is 25.7 Å². The van der Waals surface area contributed by atoms with Crippen LogP contribution in [0.2, 0.25) is 0 Å². The molecule has 3 fully saturated rings. The van der Waals surface area contributed by atoms with Crippen molar-refractivity contribution in [3.8, 4) is 0 Å². The van der Waals surface area contributed by atoms with E-state index in [0.29, 0.717) is 17.3 Å². The van der Waals surface area contributed by atoms with E-state index in [1.807, 2.05) is 0 Å². The highest BCUT2D eigenvalue weighted by molar-refractivity contribution is 5.27. The van der Waals surface area contributed by atoms with Gasteiger partial charge in [-0.05, 0) is 79.4 Å². The maximum Gasteiger partial charge on any atom is 0.0724 e. The number of fused-ring (bicyclic) bond motifs is 5. The van der Waals surface area contributed by atoms with Crippen LogP contribution < -0.4 is 0 Å². The van der Waals surface area contributed by atoms with E-state index in [0.717, 1.165) is 31.1 Å². The van der Waals surface area contributed by atoms with E-state index >= 15 is 0 Å². The van der Waals surface area contributed by atoms with Crippen molar-refractivity contribution in [1.82, 2.24) is 0 Å². The normalized spacial score (nSPS) is 57.6. The van der Waals surface area contributed by atoms with Crippen LogP contribution in [0.4, 0.5) is 0 Å². The lowest BCUT2D eigenvalue weighted by Crippen LogP contribution is -2.53. The van der Waals surface area contributed by atoms with Gasteiger partial charge in [-0.2, -0.15) is 0 Å². The van der Waals surface area contributed by atoms with E-state index < -0.39 is 0 Å². The first-order valence-electron chi connectivity index (χ1n) is 9.44. The molecule has 2 N–H and O–H groups in total. The largest absolute Gasteiger partial charge is 0.393 e. The van der Waals surface area contributed by atoms with Gasteiger partial charge in [0.15, 0.2) is 0 Å². The summed E-state index contributed by atoms with van der Waals surface area (Å²) in [4.78, 5) is 0. The van der Waals surface area contributed by atoms with Crippen molar-refractivity contribution >= 4 is 0 Å². The second-order valence-electron chi connectivity index (χ2n) is 9.30. The number of hydrogen-bond acceptors (Lipinski definition) is 2. The van der Waals surface area contributed by atoms with Gasteiger partial charge in [-0.25, -0.2) is 0 Å². The Bertz CT molecular complexity index is 498. The molecule has 0 amide bonds. The highest BCUT2D eigenvalue weighted by atomic mass is 16.3. The quantitative estimate of drug-likeness (QED) is 0.666. The average molecular weight is 304 g/mol. The zero-order valence-corrected chi connectivity index (χ0v) is 14.4. The summed E-state index contributed by atoms with van der Waals surface area (Å²) < 4.78 is 0. The molecular formula is C20H32O2. The van der Waals surface area contributed by atoms with Crippen molar-refractivity contribution in [3.63, 3.8) is 0 Å². The molecule has 0 radical (unpaired) electrons. The lowest BCUT2D eigenvalue weighted by Gasteiger charge is -2.59. The molecule has 0 aliphatic heterocycles. The molecular weight excluding hydrogens is 272 g/mol. The van der Waals surface area contributed by atoms with Crippen LogP contribution in [0.5, 0.6) is 0 Å². The minimum Gasteiger partial charge on any atom is -0.393 e. The molecule has 4 aliphatic rings. The van der Waals surface area contributed by atoms with Gasteiger partial charge in [-0.1, -0.05) is 32.4 Å². The van der Waals surface area contributed by atoms with Gasteiger partial charge < -0.3 is 10.2 Å². The Morgan fingerprint density at radius 1 is 1.00 bits per heavy atom. The summed E-state index contributed by atoms with van der Waals surface area (Å²) in [7, 11) is 0. The van der Waals surface area contributed by atoms with Crippen LogP contribution in [-0.4, -0.2) is 22.4 Å². The molecule has 2 heteroatoms. The van der Waals surface area contributed by atoms with Crippen LogP contribution in [0.3, 0.4) is 0 Å². The molecule has 2 nitrogen and oxygen atoms in total.